The van der Waals surface area contributed by atoms with Crippen LogP contribution in [0.5, 0.6) is 0 Å². The molecule has 0 bridgehead atoms. The van der Waals surface area contributed by atoms with E-state index in [1.807, 2.05) is 24.5 Å². The summed E-state index contributed by atoms with van der Waals surface area (Å²) in [6.45, 7) is 4.12. The highest BCUT2D eigenvalue weighted by molar-refractivity contribution is 6.13. The third-order valence-corrected chi connectivity index (χ3v) is 6.47. The van der Waals surface area contributed by atoms with Crippen molar-refractivity contribution in [3.63, 3.8) is 0 Å². The maximum absolute atomic E-state index is 4.68. The van der Waals surface area contributed by atoms with E-state index in [0.717, 1.165) is 30.7 Å². The van der Waals surface area contributed by atoms with E-state index in [4.69, 9.17) is 0 Å². The maximum Gasteiger partial charge on any atom is 0.349 e. The van der Waals surface area contributed by atoms with Crippen LogP contribution < -0.4 is 4.57 Å². The van der Waals surface area contributed by atoms with Crippen LogP contribution in [0, 0.1) is 0 Å². The first-order valence-electron chi connectivity index (χ1n) is 10.1. The van der Waals surface area contributed by atoms with Crippen molar-refractivity contribution in [2.45, 2.75) is 32.9 Å². The lowest BCUT2D eigenvalue weighted by atomic mass is 9.94. The highest BCUT2D eigenvalue weighted by Crippen LogP contribution is 2.45. The Bertz CT molecular complexity index is 1480. The fourth-order valence-corrected chi connectivity index (χ4v) is 5.27. The lowest BCUT2D eigenvalue weighted by molar-refractivity contribution is -0.648. The number of rotatable bonds is 2. The quantitative estimate of drug-likeness (QED) is 0.428. The molecule has 4 heteroatoms. The zero-order valence-corrected chi connectivity index (χ0v) is 15.7. The Balaban J connectivity index is 1.53. The molecule has 5 aromatic rings. The summed E-state index contributed by atoms with van der Waals surface area (Å²) in [6, 6.07) is 13.4. The van der Waals surface area contributed by atoms with Gasteiger partial charge in [0.2, 0.25) is 0 Å². The lowest BCUT2D eigenvalue weighted by Crippen LogP contribution is -2.34. The number of fused-ring (bicyclic) bond motifs is 9. The summed E-state index contributed by atoms with van der Waals surface area (Å²) in [5, 5.41) is 2.79. The van der Waals surface area contributed by atoms with Crippen molar-refractivity contribution in [3.8, 4) is 11.3 Å². The minimum atomic E-state index is 0.879. The zero-order valence-electron chi connectivity index (χ0n) is 15.7. The molecule has 2 aliphatic rings. The molecule has 3 aromatic heterocycles. The van der Waals surface area contributed by atoms with Crippen LogP contribution >= 0.6 is 0 Å². The number of nitrogens with zero attached hydrogens (tertiary/aromatic N) is 4. The number of aromatic nitrogens is 4. The first-order valence-corrected chi connectivity index (χ1v) is 10.1. The van der Waals surface area contributed by atoms with Gasteiger partial charge in [0.25, 0.3) is 0 Å². The van der Waals surface area contributed by atoms with E-state index in [0.29, 0.717) is 0 Å². The Morgan fingerprint density at radius 2 is 2.07 bits per heavy atom. The van der Waals surface area contributed by atoms with E-state index >= 15 is 0 Å². The highest BCUT2D eigenvalue weighted by atomic mass is 15.1. The highest BCUT2D eigenvalue weighted by Gasteiger charge is 2.35. The van der Waals surface area contributed by atoms with Crippen LogP contribution in [0.3, 0.4) is 0 Å². The predicted molar refractivity (Wildman–Crippen MR) is 110 cm³/mol. The van der Waals surface area contributed by atoms with E-state index in [-0.39, 0.29) is 0 Å². The molecule has 0 aliphatic carbocycles. The third-order valence-electron chi connectivity index (χ3n) is 6.47. The topological polar surface area (TPSA) is 34.6 Å². The molecule has 0 amide bonds. The minimum Gasteiger partial charge on any atom is -0.336 e. The molecule has 2 aliphatic heterocycles. The van der Waals surface area contributed by atoms with Gasteiger partial charge in [-0.15, -0.1) is 0 Å². The van der Waals surface area contributed by atoms with E-state index in [9.17, 15) is 0 Å². The largest absolute Gasteiger partial charge is 0.349 e. The molecule has 134 valence electrons. The van der Waals surface area contributed by atoms with Gasteiger partial charge in [-0.2, -0.15) is 0 Å². The second kappa shape index (κ2) is 4.96. The summed E-state index contributed by atoms with van der Waals surface area (Å²) < 4.78 is 4.82. The van der Waals surface area contributed by atoms with Crippen LogP contribution in [-0.2, 0) is 19.5 Å². The summed E-state index contributed by atoms with van der Waals surface area (Å²) in [7, 11) is 0. The second-order valence-corrected chi connectivity index (χ2v) is 8.05. The van der Waals surface area contributed by atoms with Gasteiger partial charge in [-0.05, 0) is 41.2 Å². The first kappa shape index (κ1) is 14.7. The number of hydrogen-bond acceptors (Lipinski definition) is 2. The van der Waals surface area contributed by atoms with Crippen molar-refractivity contribution in [2.75, 3.05) is 0 Å². The normalized spacial score (nSPS) is 13.9. The van der Waals surface area contributed by atoms with Crippen molar-refractivity contribution < 1.29 is 4.57 Å². The predicted octanol–water partition coefficient (Wildman–Crippen LogP) is 4.37. The molecular weight excluding hydrogens is 344 g/mol. The molecule has 0 saturated carbocycles. The fourth-order valence-electron chi connectivity index (χ4n) is 5.27. The van der Waals surface area contributed by atoms with E-state index in [1.165, 1.54) is 56.2 Å². The van der Waals surface area contributed by atoms with Gasteiger partial charge in [0.05, 0.1) is 18.3 Å². The molecule has 2 aromatic carbocycles. The van der Waals surface area contributed by atoms with Gasteiger partial charge in [-0.3, -0.25) is 0 Å². The Labute approximate surface area is 162 Å². The van der Waals surface area contributed by atoms with Crippen LogP contribution in [0.25, 0.3) is 44.2 Å². The number of hydrogen-bond donors (Lipinski definition) is 0. The van der Waals surface area contributed by atoms with Gasteiger partial charge in [0.15, 0.2) is 11.2 Å². The molecule has 0 radical (unpaired) electrons. The van der Waals surface area contributed by atoms with Crippen LogP contribution in [-0.4, -0.2) is 14.5 Å². The van der Waals surface area contributed by atoms with Crippen LogP contribution in [0.2, 0.25) is 0 Å². The van der Waals surface area contributed by atoms with Gasteiger partial charge in [-0.1, -0.05) is 25.5 Å². The standard InChI is InChI=1S/C24H19N4/c1-2-4-14-6-7-16-17-10-15-12-28-21(11-26-19-5-3-8-25-24(19)28)22(15)18-13-27(23(17)18)20(16)9-14/h3,5-11H,2,4,12-13H2,1H3/q+1. The summed E-state index contributed by atoms with van der Waals surface area (Å²) in [6.07, 6.45) is 6.23. The molecule has 28 heavy (non-hydrogen) atoms. The zero-order chi connectivity index (χ0) is 18.4. The Kier molecular flexibility index (Phi) is 2.61. The Morgan fingerprint density at radius 1 is 1.11 bits per heavy atom. The average Bonchev–Trinajstić information content (AvgIpc) is 3.18. The number of benzene rings is 2. The molecule has 5 heterocycles. The summed E-state index contributed by atoms with van der Waals surface area (Å²) >= 11 is 0. The van der Waals surface area contributed by atoms with Gasteiger partial charge >= 0.3 is 5.65 Å². The molecule has 0 fully saturated rings. The summed E-state index contributed by atoms with van der Waals surface area (Å²) in [5.41, 5.74) is 11.7. The van der Waals surface area contributed by atoms with Crippen LogP contribution in [0.15, 0.2) is 48.8 Å². The third kappa shape index (κ3) is 1.65. The van der Waals surface area contributed by atoms with E-state index < -0.39 is 0 Å². The number of pyridine rings is 1. The maximum atomic E-state index is 4.68. The SMILES string of the molecule is CCCc1ccc2c3cc4c(c5c3n(c2c1)C5)-c1cnc2cccnc2[n+]1C4. The van der Waals surface area contributed by atoms with Crippen molar-refractivity contribution >= 4 is 33.0 Å². The Morgan fingerprint density at radius 3 is 3.00 bits per heavy atom. The van der Waals surface area contributed by atoms with Crippen molar-refractivity contribution in [3.05, 3.63) is 65.5 Å². The summed E-state index contributed by atoms with van der Waals surface area (Å²) in [5.74, 6) is 0. The molecule has 0 spiro atoms. The fraction of sp³-hybridized carbons (Fsp3) is 0.208. The van der Waals surface area contributed by atoms with Gasteiger partial charge in [0, 0.05) is 33.0 Å². The monoisotopic (exact) mass is 363 g/mol. The van der Waals surface area contributed by atoms with Crippen molar-refractivity contribution in [1.29, 1.82) is 0 Å². The van der Waals surface area contributed by atoms with E-state index in [1.54, 1.807) is 0 Å². The van der Waals surface area contributed by atoms with Crippen molar-refractivity contribution in [1.82, 2.24) is 14.5 Å². The first-order chi connectivity index (χ1) is 13.8. The van der Waals surface area contributed by atoms with E-state index in [2.05, 4.69) is 50.3 Å². The van der Waals surface area contributed by atoms with Gasteiger partial charge < -0.3 is 4.57 Å². The summed E-state index contributed by atoms with van der Waals surface area (Å²) in [4.78, 5) is 9.29. The molecule has 7 rings (SSSR count). The molecule has 0 saturated heterocycles. The smallest absolute Gasteiger partial charge is 0.336 e. The minimum absolute atomic E-state index is 0.879. The van der Waals surface area contributed by atoms with Crippen LogP contribution in [0.4, 0.5) is 0 Å². The molecule has 0 N–H and O–H groups in total. The molecule has 0 unspecified atom stereocenters. The molecule has 4 nitrogen and oxygen atoms in total. The molecular formula is C24H19N4+. The molecule has 0 atom stereocenters. The second-order valence-electron chi connectivity index (χ2n) is 8.05. The number of aryl methyl sites for hydroxylation is 1. The average molecular weight is 363 g/mol. The van der Waals surface area contributed by atoms with Crippen LogP contribution in [0.1, 0.15) is 30.0 Å². The van der Waals surface area contributed by atoms with Gasteiger partial charge in [-0.25, -0.2) is 9.55 Å². The Hall–Kier alpha value is -3.27. The van der Waals surface area contributed by atoms with Crippen molar-refractivity contribution in [2.24, 2.45) is 0 Å². The lowest BCUT2D eigenvalue weighted by Gasteiger charge is -2.22. The van der Waals surface area contributed by atoms with Gasteiger partial charge in [0.1, 0.15) is 12.7 Å².